The van der Waals surface area contributed by atoms with Gasteiger partial charge in [0.1, 0.15) is 0 Å². The quantitative estimate of drug-likeness (QED) is 0.620. The van der Waals surface area contributed by atoms with Gasteiger partial charge in [-0.3, -0.25) is 4.79 Å². The number of rotatable bonds is 6. The number of anilines is 1. The van der Waals surface area contributed by atoms with E-state index in [9.17, 15) is 13.2 Å². The SMILES string of the molecule is Cc1ccccc1S(=O)(=O)C1CCN(c2ccc(C(=O)NCc3ccccc3)nn2)CC1. The summed E-state index contributed by atoms with van der Waals surface area (Å²) in [4.78, 5) is 14.8. The van der Waals surface area contributed by atoms with E-state index in [0.29, 0.717) is 43.2 Å². The summed E-state index contributed by atoms with van der Waals surface area (Å²) in [6.45, 7) is 3.40. The van der Waals surface area contributed by atoms with Crippen molar-refractivity contribution in [1.82, 2.24) is 15.5 Å². The van der Waals surface area contributed by atoms with Crippen LogP contribution in [0.4, 0.5) is 5.82 Å². The molecule has 0 unspecified atom stereocenters. The van der Waals surface area contributed by atoms with Gasteiger partial charge in [0.2, 0.25) is 0 Å². The first kappa shape index (κ1) is 22.0. The highest BCUT2D eigenvalue weighted by molar-refractivity contribution is 7.92. The lowest BCUT2D eigenvalue weighted by molar-refractivity contribution is 0.0945. The van der Waals surface area contributed by atoms with Crippen LogP contribution in [0.2, 0.25) is 0 Å². The molecule has 0 aliphatic carbocycles. The number of aromatic nitrogens is 2. The van der Waals surface area contributed by atoms with Crippen molar-refractivity contribution in [2.75, 3.05) is 18.0 Å². The van der Waals surface area contributed by atoms with Crippen LogP contribution in [0.5, 0.6) is 0 Å². The first-order valence-corrected chi connectivity index (χ1v) is 12.2. The summed E-state index contributed by atoms with van der Waals surface area (Å²) in [5.74, 6) is 0.368. The van der Waals surface area contributed by atoms with Crippen LogP contribution in [0.15, 0.2) is 71.6 Å². The van der Waals surface area contributed by atoms with Gasteiger partial charge in [0.25, 0.3) is 5.91 Å². The number of nitrogens with one attached hydrogen (secondary N) is 1. The van der Waals surface area contributed by atoms with Gasteiger partial charge < -0.3 is 10.2 Å². The third kappa shape index (κ3) is 4.80. The Balaban J connectivity index is 1.35. The highest BCUT2D eigenvalue weighted by atomic mass is 32.2. The van der Waals surface area contributed by atoms with Crippen molar-refractivity contribution < 1.29 is 13.2 Å². The second kappa shape index (κ2) is 9.48. The van der Waals surface area contributed by atoms with Crippen LogP contribution in [-0.2, 0) is 16.4 Å². The van der Waals surface area contributed by atoms with Crippen molar-refractivity contribution in [3.8, 4) is 0 Å². The Bertz CT molecular complexity index is 1170. The molecule has 4 rings (SSSR count). The number of nitrogens with zero attached hydrogens (tertiary/aromatic N) is 3. The fourth-order valence-electron chi connectivity index (χ4n) is 3.93. The Morgan fingerprint density at radius 1 is 0.969 bits per heavy atom. The molecule has 2 heterocycles. The maximum atomic E-state index is 13.0. The number of sulfone groups is 1. The molecule has 1 fully saturated rings. The number of amides is 1. The molecule has 1 N–H and O–H groups in total. The summed E-state index contributed by atoms with van der Waals surface area (Å²) in [7, 11) is -3.36. The van der Waals surface area contributed by atoms with Crippen LogP contribution < -0.4 is 10.2 Å². The first-order chi connectivity index (χ1) is 15.4. The van der Waals surface area contributed by atoms with Crippen molar-refractivity contribution in [2.24, 2.45) is 0 Å². The largest absolute Gasteiger partial charge is 0.355 e. The molecule has 2 aromatic carbocycles. The molecule has 8 heteroatoms. The molecule has 1 aromatic heterocycles. The Morgan fingerprint density at radius 3 is 2.31 bits per heavy atom. The van der Waals surface area contributed by atoms with E-state index < -0.39 is 15.1 Å². The molecule has 1 amide bonds. The molecule has 0 radical (unpaired) electrons. The van der Waals surface area contributed by atoms with Crippen LogP contribution in [0.1, 0.15) is 34.5 Å². The van der Waals surface area contributed by atoms with Gasteiger partial charge in [-0.1, -0.05) is 48.5 Å². The summed E-state index contributed by atoms with van der Waals surface area (Å²) in [6, 6.07) is 20.2. The molecule has 1 aliphatic heterocycles. The van der Waals surface area contributed by atoms with E-state index in [-0.39, 0.29) is 11.6 Å². The van der Waals surface area contributed by atoms with E-state index >= 15 is 0 Å². The summed E-state index contributed by atoms with van der Waals surface area (Å²) in [5.41, 5.74) is 2.04. The number of hydrogen-bond donors (Lipinski definition) is 1. The highest BCUT2D eigenvalue weighted by Crippen LogP contribution is 2.28. The maximum Gasteiger partial charge on any atom is 0.272 e. The lowest BCUT2D eigenvalue weighted by Gasteiger charge is -2.32. The summed E-state index contributed by atoms with van der Waals surface area (Å²) >= 11 is 0. The minimum absolute atomic E-state index is 0.252. The van der Waals surface area contributed by atoms with E-state index in [2.05, 4.69) is 15.5 Å². The Morgan fingerprint density at radius 2 is 1.66 bits per heavy atom. The van der Waals surface area contributed by atoms with E-state index in [1.54, 1.807) is 24.3 Å². The fraction of sp³-hybridized carbons (Fsp3) is 0.292. The zero-order chi connectivity index (χ0) is 22.6. The molecule has 0 atom stereocenters. The van der Waals surface area contributed by atoms with Crippen molar-refractivity contribution in [3.63, 3.8) is 0 Å². The third-order valence-electron chi connectivity index (χ3n) is 5.78. The van der Waals surface area contributed by atoms with Crippen LogP contribution in [0.25, 0.3) is 0 Å². The second-order valence-corrected chi connectivity index (χ2v) is 10.1. The lowest BCUT2D eigenvalue weighted by Crippen LogP contribution is -2.40. The highest BCUT2D eigenvalue weighted by Gasteiger charge is 2.32. The van der Waals surface area contributed by atoms with E-state index in [4.69, 9.17) is 0 Å². The van der Waals surface area contributed by atoms with Crippen molar-refractivity contribution in [2.45, 2.75) is 36.5 Å². The molecule has 32 heavy (non-hydrogen) atoms. The zero-order valence-electron chi connectivity index (χ0n) is 17.9. The first-order valence-electron chi connectivity index (χ1n) is 10.7. The molecule has 0 bridgehead atoms. The Hall–Kier alpha value is -3.26. The van der Waals surface area contributed by atoms with Gasteiger partial charge in [0.15, 0.2) is 21.3 Å². The average Bonchev–Trinajstić information content (AvgIpc) is 2.83. The molecule has 1 aliphatic rings. The van der Waals surface area contributed by atoms with Crippen LogP contribution in [0.3, 0.4) is 0 Å². The molecule has 0 saturated carbocycles. The number of carbonyl (C=O) groups excluding carboxylic acids is 1. The summed E-state index contributed by atoms with van der Waals surface area (Å²) < 4.78 is 26.1. The van der Waals surface area contributed by atoms with E-state index in [0.717, 1.165) is 11.1 Å². The summed E-state index contributed by atoms with van der Waals surface area (Å²) in [5, 5.41) is 10.7. The molecular weight excluding hydrogens is 424 g/mol. The predicted octanol–water partition coefficient (Wildman–Crippen LogP) is 3.16. The minimum atomic E-state index is -3.36. The lowest BCUT2D eigenvalue weighted by atomic mass is 10.1. The van der Waals surface area contributed by atoms with Gasteiger partial charge in [0, 0.05) is 19.6 Å². The number of aryl methyl sites for hydroxylation is 1. The van der Waals surface area contributed by atoms with Gasteiger partial charge in [-0.2, -0.15) is 0 Å². The van der Waals surface area contributed by atoms with Crippen LogP contribution in [-0.4, -0.2) is 42.9 Å². The Labute approximate surface area is 188 Å². The Kier molecular flexibility index (Phi) is 6.50. The molecule has 1 saturated heterocycles. The van der Waals surface area contributed by atoms with Crippen LogP contribution >= 0.6 is 0 Å². The normalized spacial score (nSPS) is 14.8. The topological polar surface area (TPSA) is 92.3 Å². The molecule has 3 aromatic rings. The second-order valence-electron chi connectivity index (χ2n) is 7.94. The van der Waals surface area contributed by atoms with Crippen molar-refractivity contribution in [1.29, 1.82) is 0 Å². The predicted molar refractivity (Wildman–Crippen MR) is 123 cm³/mol. The van der Waals surface area contributed by atoms with Gasteiger partial charge in [-0.25, -0.2) is 8.42 Å². The molecular formula is C24H26N4O3S. The fourth-order valence-corrected chi connectivity index (χ4v) is 5.91. The smallest absolute Gasteiger partial charge is 0.272 e. The minimum Gasteiger partial charge on any atom is -0.355 e. The van der Waals surface area contributed by atoms with Crippen LogP contribution in [0, 0.1) is 6.92 Å². The molecule has 7 nitrogen and oxygen atoms in total. The number of hydrogen-bond acceptors (Lipinski definition) is 6. The van der Waals surface area contributed by atoms with Crippen molar-refractivity contribution in [3.05, 3.63) is 83.6 Å². The van der Waals surface area contributed by atoms with Gasteiger partial charge in [-0.05, 0) is 49.1 Å². The number of benzene rings is 2. The van der Waals surface area contributed by atoms with Gasteiger partial charge >= 0.3 is 0 Å². The average molecular weight is 451 g/mol. The standard InChI is InChI=1S/C24H26N4O3S/c1-18-7-5-6-10-22(18)32(30,31)20-13-15-28(16-14-20)23-12-11-21(26-27-23)24(29)25-17-19-8-3-2-4-9-19/h2-12,20H,13-17H2,1H3,(H,25,29). The van der Waals surface area contributed by atoms with Gasteiger partial charge in [0.05, 0.1) is 10.1 Å². The number of carbonyl (C=O) groups is 1. The van der Waals surface area contributed by atoms with Crippen molar-refractivity contribution >= 4 is 21.6 Å². The molecule has 166 valence electrons. The van der Waals surface area contributed by atoms with E-state index in [1.165, 1.54) is 0 Å². The van der Waals surface area contributed by atoms with Gasteiger partial charge in [-0.15, -0.1) is 10.2 Å². The van der Waals surface area contributed by atoms with E-state index in [1.807, 2.05) is 54.3 Å². The summed E-state index contributed by atoms with van der Waals surface area (Å²) in [6.07, 6.45) is 1.05. The monoisotopic (exact) mass is 450 g/mol. The third-order valence-corrected chi connectivity index (χ3v) is 8.20. The zero-order valence-corrected chi connectivity index (χ0v) is 18.8. The number of piperidine rings is 1. The molecule has 0 spiro atoms. The maximum absolute atomic E-state index is 13.0.